The van der Waals surface area contributed by atoms with Crippen molar-refractivity contribution in [2.75, 3.05) is 11.9 Å². The molecule has 0 aliphatic carbocycles. The first-order chi connectivity index (χ1) is 15.7. The van der Waals surface area contributed by atoms with Crippen LogP contribution in [0.3, 0.4) is 0 Å². The second-order valence-electron chi connectivity index (χ2n) is 7.62. The van der Waals surface area contributed by atoms with Crippen LogP contribution < -0.4 is 4.90 Å². The number of nitrogens with zero attached hydrogens (tertiary/aromatic N) is 5. The minimum Gasteiger partial charge on any atom is -0.311 e. The lowest BCUT2D eigenvalue weighted by molar-refractivity contribution is 0.0993. The van der Waals surface area contributed by atoms with E-state index in [0.29, 0.717) is 11.1 Å². The van der Waals surface area contributed by atoms with Crippen molar-refractivity contribution in [3.05, 3.63) is 90.8 Å². The fraction of sp³-hybridized carbons (Fsp3) is 0.0385. The Morgan fingerprint density at radius 3 is 1.97 bits per heavy atom. The summed E-state index contributed by atoms with van der Waals surface area (Å²) in [6.07, 6.45) is 3.52. The van der Waals surface area contributed by atoms with E-state index in [4.69, 9.17) is 9.97 Å². The molecule has 0 saturated carbocycles. The lowest BCUT2D eigenvalue weighted by Gasteiger charge is -2.17. The Morgan fingerprint density at radius 1 is 0.688 bits per heavy atom. The minimum atomic E-state index is -0.103. The Balaban J connectivity index is 1.58. The number of aromatic nitrogens is 4. The average Bonchev–Trinajstić information content (AvgIpc) is 2.87. The predicted octanol–water partition coefficient (Wildman–Crippen LogP) is 5.16. The molecule has 0 unspecified atom stereocenters. The van der Waals surface area contributed by atoms with Gasteiger partial charge >= 0.3 is 0 Å². The van der Waals surface area contributed by atoms with Crippen molar-refractivity contribution in [1.82, 2.24) is 19.9 Å². The molecule has 0 fully saturated rings. The standard InChI is InChI=1S/C26H17N5O/c1-31(17-7-3-2-4-8-17)26(32)16-11-12-20-21(15-16)30-25-19-10-6-14-28-23(19)22-18(24(25)29-20)9-5-13-27-22/h2-15H,1H3. The molecule has 32 heavy (non-hydrogen) atoms. The summed E-state index contributed by atoms with van der Waals surface area (Å²) in [6.45, 7) is 0. The number of benzene rings is 3. The zero-order valence-corrected chi connectivity index (χ0v) is 17.2. The second-order valence-corrected chi connectivity index (χ2v) is 7.62. The Bertz CT molecular complexity index is 1660. The zero-order valence-electron chi connectivity index (χ0n) is 17.2. The molecule has 152 valence electrons. The van der Waals surface area contributed by atoms with Gasteiger partial charge in [0, 0.05) is 41.5 Å². The normalized spacial score (nSPS) is 11.4. The lowest BCUT2D eigenvalue weighted by Crippen LogP contribution is -2.26. The van der Waals surface area contributed by atoms with Gasteiger partial charge in [-0.3, -0.25) is 14.8 Å². The van der Waals surface area contributed by atoms with Crippen LogP contribution in [-0.2, 0) is 0 Å². The molecule has 0 aliphatic heterocycles. The lowest BCUT2D eigenvalue weighted by atomic mass is 10.1. The summed E-state index contributed by atoms with van der Waals surface area (Å²) in [6, 6.07) is 22.8. The van der Waals surface area contributed by atoms with E-state index in [9.17, 15) is 4.79 Å². The van der Waals surface area contributed by atoms with Crippen molar-refractivity contribution >= 4 is 55.5 Å². The molecule has 6 aromatic rings. The maximum absolute atomic E-state index is 13.1. The van der Waals surface area contributed by atoms with Gasteiger partial charge in [-0.05, 0) is 54.6 Å². The molecule has 3 aromatic carbocycles. The summed E-state index contributed by atoms with van der Waals surface area (Å²) in [7, 11) is 1.77. The molecule has 6 heteroatoms. The number of anilines is 1. The topological polar surface area (TPSA) is 71.9 Å². The van der Waals surface area contributed by atoms with Crippen LogP contribution in [0, 0.1) is 0 Å². The third kappa shape index (κ3) is 2.77. The summed E-state index contributed by atoms with van der Waals surface area (Å²) < 4.78 is 0. The third-order valence-electron chi connectivity index (χ3n) is 5.71. The van der Waals surface area contributed by atoms with E-state index in [1.807, 2.05) is 60.7 Å². The molecular weight excluding hydrogens is 398 g/mol. The summed E-state index contributed by atoms with van der Waals surface area (Å²) in [5.41, 5.74) is 5.91. The van der Waals surface area contributed by atoms with E-state index in [-0.39, 0.29) is 5.91 Å². The Kier molecular flexibility index (Phi) is 4.04. The van der Waals surface area contributed by atoms with Crippen molar-refractivity contribution in [3.63, 3.8) is 0 Å². The second kappa shape index (κ2) is 7.06. The van der Waals surface area contributed by atoms with Gasteiger partial charge < -0.3 is 4.90 Å². The molecule has 3 aromatic heterocycles. The van der Waals surface area contributed by atoms with Crippen LogP contribution in [0.4, 0.5) is 5.69 Å². The maximum Gasteiger partial charge on any atom is 0.258 e. The maximum atomic E-state index is 13.1. The SMILES string of the molecule is CN(C(=O)c1ccc2nc3c4cccnc4c4ncccc4c3nc2c1)c1ccccc1. The monoisotopic (exact) mass is 415 g/mol. The number of carbonyl (C=O) groups excluding carboxylic acids is 1. The largest absolute Gasteiger partial charge is 0.311 e. The molecule has 0 saturated heterocycles. The number of carbonyl (C=O) groups is 1. The summed E-state index contributed by atoms with van der Waals surface area (Å²) >= 11 is 0. The van der Waals surface area contributed by atoms with E-state index >= 15 is 0 Å². The number of amides is 1. The van der Waals surface area contributed by atoms with Gasteiger partial charge in [-0.25, -0.2) is 9.97 Å². The van der Waals surface area contributed by atoms with Gasteiger partial charge in [-0.2, -0.15) is 0 Å². The molecule has 0 aliphatic rings. The van der Waals surface area contributed by atoms with E-state index in [2.05, 4.69) is 9.97 Å². The molecular formula is C26H17N5O. The van der Waals surface area contributed by atoms with Crippen molar-refractivity contribution in [1.29, 1.82) is 0 Å². The van der Waals surface area contributed by atoms with Crippen molar-refractivity contribution in [3.8, 4) is 0 Å². The Labute approximate surface area is 183 Å². The fourth-order valence-corrected chi connectivity index (χ4v) is 4.10. The van der Waals surface area contributed by atoms with E-state index in [1.165, 1.54) is 0 Å². The third-order valence-corrected chi connectivity index (χ3v) is 5.71. The molecule has 0 N–H and O–H groups in total. The highest BCUT2D eigenvalue weighted by Gasteiger charge is 2.17. The van der Waals surface area contributed by atoms with Gasteiger partial charge in [0.25, 0.3) is 5.91 Å². The first kappa shape index (κ1) is 18.3. The van der Waals surface area contributed by atoms with Crippen molar-refractivity contribution in [2.45, 2.75) is 0 Å². The molecule has 6 nitrogen and oxygen atoms in total. The molecule has 1 amide bonds. The smallest absolute Gasteiger partial charge is 0.258 e. The highest BCUT2D eigenvalue weighted by atomic mass is 16.2. The fourth-order valence-electron chi connectivity index (χ4n) is 4.10. The predicted molar refractivity (Wildman–Crippen MR) is 127 cm³/mol. The summed E-state index contributed by atoms with van der Waals surface area (Å²) in [5, 5.41) is 1.80. The number of pyridine rings is 2. The van der Waals surface area contributed by atoms with E-state index in [1.54, 1.807) is 36.5 Å². The van der Waals surface area contributed by atoms with E-state index in [0.717, 1.165) is 44.0 Å². The average molecular weight is 415 g/mol. The molecule has 0 atom stereocenters. The molecule has 0 radical (unpaired) electrons. The molecule has 0 bridgehead atoms. The van der Waals surface area contributed by atoms with Crippen LogP contribution in [0.5, 0.6) is 0 Å². The van der Waals surface area contributed by atoms with Crippen LogP contribution in [-0.4, -0.2) is 32.9 Å². The number of para-hydroxylation sites is 1. The first-order valence-corrected chi connectivity index (χ1v) is 10.3. The number of hydrogen-bond donors (Lipinski definition) is 0. The van der Waals surface area contributed by atoms with E-state index < -0.39 is 0 Å². The van der Waals surface area contributed by atoms with Gasteiger partial charge in [0.2, 0.25) is 0 Å². The van der Waals surface area contributed by atoms with Gasteiger partial charge in [0.1, 0.15) is 0 Å². The highest BCUT2D eigenvalue weighted by Crippen LogP contribution is 2.32. The van der Waals surface area contributed by atoms with Gasteiger partial charge in [0.05, 0.1) is 33.1 Å². The van der Waals surface area contributed by atoms with Crippen molar-refractivity contribution in [2.24, 2.45) is 0 Å². The molecule has 3 heterocycles. The quantitative estimate of drug-likeness (QED) is 0.289. The molecule has 6 rings (SSSR count). The number of hydrogen-bond acceptors (Lipinski definition) is 5. The van der Waals surface area contributed by atoms with Crippen LogP contribution in [0.2, 0.25) is 0 Å². The Hall–Kier alpha value is -4.45. The zero-order chi connectivity index (χ0) is 21.7. The van der Waals surface area contributed by atoms with Crippen LogP contribution in [0.1, 0.15) is 10.4 Å². The summed E-state index contributed by atoms with van der Waals surface area (Å²) in [4.78, 5) is 33.7. The highest BCUT2D eigenvalue weighted by molar-refractivity contribution is 6.21. The minimum absolute atomic E-state index is 0.103. The van der Waals surface area contributed by atoms with Gasteiger partial charge in [0.15, 0.2) is 0 Å². The number of rotatable bonds is 2. The summed E-state index contributed by atoms with van der Waals surface area (Å²) in [5.74, 6) is -0.103. The van der Waals surface area contributed by atoms with Gasteiger partial charge in [-0.15, -0.1) is 0 Å². The molecule has 0 spiro atoms. The Morgan fingerprint density at radius 2 is 1.31 bits per heavy atom. The van der Waals surface area contributed by atoms with Crippen molar-refractivity contribution < 1.29 is 4.79 Å². The van der Waals surface area contributed by atoms with Crippen LogP contribution in [0.25, 0.3) is 43.9 Å². The van der Waals surface area contributed by atoms with Gasteiger partial charge in [-0.1, -0.05) is 18.2 Å². The first-order valence-electron chi connectivity index (χ1n) is 10.3. The van der Waals surface area contributed by atoms with Crippen LogP contribution in [0.15, 0.2) is 85.2 Å². The van der Waals surface area contributed by atoms with Crippen LogP contribution >= 0.6 is 0 Å². The number of fused-ring (bicyclic) bond motifs is 7.